The summed E-state index contributed by atoms with van der Waals surface area (Å²) in [6.07, 6.45) is 4.41. The molecule has 1 aliphatic heterocycles. The third-order valence-electron chi connectivity index (χ3n) is 3.55. The topological polar surface area (TPSA) is 60.9 Å². The SMILES string of the molecule is CN1CC(CC(=O)O)N(C2CCCC2)C1=O. The van der Waals surface area contributed by atoms with E-state index in [4.69, 9.17) is 5.11 Å². The van der Waals surface area contributed by atoms with Gasteiger partial charge in [0, 0.05) is 19.6 Å². The van der Waals surface area contributed by atoms with Crippen LogP contribution in [0.2, 0.25) is 0 Å². The normalized spacial score (nSPS) is 26.8. The van der Waals surface area contributed by atoms with Gasteiger partial charge < -0.3 is 14.9 Å². The molecule has 2 amide bonds. The summed E-state index contributed by atoms with van der Waals surface area (Å²) in [6.45, 7) is 0.543. The molecule has 1 atom stereocenters. The highest BCUT2D eigenvalue weighted by Crippen LogP contribution is 2.30. The lowest BCUT2D eigenvalue weighted by molar-refractivity contribution is -0.138. The maximum Gasteiger partial charge on any atom is 0.320 e. The molecule has 5 nitrogen and oxygen atoms in total. The Morgan fingerprint density at radius 2 is 2.06 bits per heavy atom. The molecule has 0 aromatic carbocycles. The number of carboxylic acid groups (broad SMARTS) is 1. The summed E-state index contributed by atoms with van der Waals surface area (Å²) in [5.74, 6) is -0.823. The standard InChI is InChI=1S/C11H18N2O3/c1-12-7-9(6-10(14)15)13(11(12)16)8-4-2-3-5-8/h8-9H,2-7H2,1H3,(H,14,15). The van der Waals surface area contributed by atoms with Crippen molar-refractivity contribution in [2.24, 2.45) is 0 Å². The van der Waals surface area contributed by atoms with Gasteiger partial charge in [0.25, 0.3) is 0 Å². The van der Waals surface area contributed by atoms with Crippen LogP contribution in [0.4, 0.5) is 4.79 Å². The molecular formula is C11H18N2O3. The van der Waals surface area contributed by atoms with Crippen molar-refractivity contribution < 1.29 is 14.7 Å². The van der Waals surface area contributed by atoms with Crippen LogP contribution in [0.25, 0.3) is 0 Å². The average molecular weight is 226 g/mol. The highest BCUT2D eigenvalue weighted by molar-refractivity contribution is 5.79. The van der Waals surface area contributed by atoms with Crippen LogP contribution in [-0.4, -0.2) is 52.6 Å². The summed E-state index contributed by atoms with van der Waals surface area (Å²) in [5.41, 5.74) is 0. The molecule has 1 unspecified atom stereocenters. The fraction of sp³-hybridized carbons (Fsp3) is 0.818. The van der Waals surface area contributed by atoms with Gasteiger partial charge in [-0.1, -0.05) is 12.8 Å². The smallest absolute Gasteiger partial charge is 0.320 e. The average Bonchev–Trinajstić information content (AvgIpc) is 2.76. The second kappa shape index (κ2) is 4.31. The van der Waals surface area contributed by atoms with Gasteiger partial charge in [-0.05, 0) is 12.8 Å². The number of hydrogen-bond donors (Lipinski definition) is 1. The molecule has 90 valence electrons. The largest absolute Gasteiger partial charge is 0.481 e. The zero-order valence-corrected chi connectivity index (χ0v) is 9.56. The van der Waals surface area contributed by atoms with Crippen molar-refractivity contribution in [1.82, 2.24) is 9.80 Å². The van der Waals surface area contributed by atoms with Crippen molar-refractivity contribution in [2.75, 3.05) is 13.6 Å². The van der Waals surface area contributed by atoms with E-state index in [0.29, 0.717) is 6.54 Å². The predicted molar refractivity (Wildman–Crippen MR) is 58.2 cm³/mol. The van der Waals surface area contributed by atoms with Crippen molar-refractivity contribution in [2.45, 2.75) is 44.2 Å². The zero-order valence-electron chi connectivity index (χ0n) is 9.56. The number of amides is 2. The van der Waals surface area contributed by atoms with E-state index < -0.39 is 5.97 Å². The quantitative estimate of drug-likeness (QED) is 0.785. The molecule has 16 heavy (non-hydrogen) atoms. The minimum atomic E-state index is -0.823. The number of nitrogens with zero attached hydrogens (tertiary/aromatic N) is 2. The maximum atomic E-state index is 11.9. The van der Waals surface area contributed by atoms with Gasteiger partial charge >= 0.3 is 12.0 Å². The Balaban J connectivity index is 2.10. The minimum absolute atomic E-state index is 0.00171. The highest BCUT2D eigenvalue weighted by Gasteiger charge is 2.41. The van der Waals surface area contributed by atoms with E-state index in [2.05, 4.69) is 0 Å². The van der Waals surface area contributed by atoms with Crippen LogP contribution in [0.1, 0.15) is 32.1 Å². The van der Waals surface area contributed by atoms with Crippen LogP contribution >= 0.6 is 0 Å². The Labute approximate surface area is 95.0 Å². The summed E-state index contributed by atoms with van der Waals surface area (Å²) < 4.78 is 0. The Morgan fingerprint density at radius 3 is 2.62 bits per heavy atom. The van der Waals surface area contributed by atoms with Gasteiger partial charge in [0.05, 0.1) is 12.5 Å². The van der Waals surface area contributed by atoms with Crippen molar-refractivity contribution >= 4 is 12.0 Å². The summed E-state index contributed by atoms with van der Waals surface area (Å²) in [7, 11) is 1.74. The molecule has 5 heteroatoms. The van der Waals surface area contributed by atoms with E-state index in [9.17, 15) is 9.59 Å². The number of carbonyl (C=O) groups is 2. The third-order valence-corrected chi connectivity index (χ3v) is 3.55. The predicted octanol–water partition coefficient (Wildman–Crippen LogP) is 1.14. The molecule has 2 aliphatic rings. The van der Waals surface area contributed by atoms with Gasteiger partial charge in [0.1, 0.15) is 0 Å². The molecule has 0 spiro atoms. The van der Waals surface area contributed by atoms with Crippen molar-refractivity contribution in [1.29, 1.82) is 0 Å². The molecule has 0 bridgehead atoms. The first-order chi connectivity index (χ1) is 7.59. The minimum Gasteiger partial charge on any atom is -0.481 e. The number of likely N-dealkylation sites (N-methyl/N-ethyl adjacent to an activating group) is 1. The second-order valence-electron chi connectivity index (χ2n) is 4.76. The second-order valence-corrected chi connectivity index (χ2v) is 4.76. The number of carbonyl (C=O) groups excluding carboxylic acids is 1. The fourth-order valence-electron chi connectivity index (χ4n) is 2.84. The summed E-state index contributed by atoms with van der Waals surface area (Å²) >= 11 is 0. The first kappa shape index (κ1) is 11.2. The van der Waals surface area contributed by atoms with E-state index in [-0.39, 0.29) is 24.5 Å². The van der Waals surface area contributed by atoms with Crippen molar-refractivity contribution in [3.05, 3.63) is 0 Å². The lowest BCUT2D eigenvalue weighted by Gasteiger charge is -2.28. The van der Waals surface area contributed by atoms with E-state index in [0.717, 1.165) is 25.7 Å². The van der Waals surface area contributed by atoms with Crippen LogP contribution < -0.4 is 0 Å². The molecule has 0 radical (unpaired) electrons. The zero-order chi connectivity index (χ0) is 11.7. The molecule has 1 heterocycles. The molecule has 0 aromatic heterocycles. The van der Waals surface area contributed by atoms with Crippen molar-refractivity contribution in [3.8, 4) is 0 Å². The number of aliphatic carboxylic acids is 1. The number of rotatable bonds is 3. The van der Waals surface area contributed by atoms with Crippen LogP contribution in [-0.2, 0) is 4.79 Å². The third kappa shape index (κ3) is 1.99. The van der Waals surface area contributed by atoms with Gasteiger partial charge in [-0.2, -0.15) is 0 Å². The van der Waals surface area contributed by atoms with E-state index in [1.54, 1.807) is 16.8 Å². The van der Waals surface area contributed by atoms with Crippen LogP contribution in [0.3, 0.4) is 0 Å². The van der Waals surface area contributed by atoms with Crippen LogP contribution in [0.5, 0.6) is 0 Å². The molecule has 2 fully saturated rings. The molecule has 1 aliphatic carbocycles. The van der Waals surface area contributed by atoms with Gasteiger partial charge in [-0.15, -0.1) is 0 Å². The molecule has 1 saturated heterocycles. The van der Waals surface area contributed by atoms with E-state index in [1.807, 2.05) is 0 Å². The number of carboxylic acids is 1. The monoisotopic (exact) mass is 226 g/mol. The Kier molecular flexibility index (Phi) is 3.03. The highest BCUT2D eigenvalue weighted by atomic mass is 16.4. The van der Waals surface area contributed by atoms with Crippen LogP contribution in [0, 0.1) is 0 Å². The lowest BCUT2D eigenvalue weighted by Crippen LogP contribution is -2.42. The Bertz CT molecular complexity index is 300. The van der Waals surface area contributed by atoms with Gasteiger partial charge in [0.15, 0.2) is 0 Å². The Hall–Kier alpha value is -1.26. The first-order valence-electron chi connectivity index (χ1n) is 5.85. The lowest BCUT2D eigenvalue weighted by atomic mass is 10.1. The van der Waals surface area contributed by atoms with Gasteiger partial charge in [-0.3, -0.25) is 4.79 Å². The van der Waals surface area contributed by atoms with Gasteiger partial charge in [-0.25, -0.2) is 4.79 Å². The number of hydrogen-bond acceptors (Lipinski definition) is 2. The van der Waals surface area contributed by atoms with Gasteiger partial charge in [0.2, 0.25) is 0 Å². The van der Waals surface area contributed by atoms with E-state index >= 15 is 0 Å². The first-order valence-corrected chi connectivity index (χ1v) is 5.85. The molecule has 0 aromatic rings. The Morgan fingerprint density at radius 1 is 1.44 bits per heavy atom. The summed E-state index contributed by atoms with van der Waals surface area (Å²) in [6, 6.07) is 0.123. The molecule has 2 rings (SSSR count). The maximum absolute atomic E-state index is 11.9. The van der Waals surface area contributed by atoms with Crippen molar-refractivity contribution in [3.63, 3.8) is 0 Å². The summed E-state index contributed by atoms with van der Waals surface area (Å²) in [5, 5.41) is 8.85. The van der Waals surface area contributed by atoms with E-state index in [1.165, 1.54) is 0 Å². The number of urea groups is 1. The molecular weight excluding hydrogens is 208 g/mol. The fourth-order valence-corrected chi connectivity index (χ4v) is 2.84. The molecule has 1 saturated carbocycles. The van der Waals surface area contributed by atoms with Crippen LogP contribution in [0.15, 0.2) is 0 Å². The molecule has 1 N–H and O–H groups in total. The summed E-state index contributed by atoms with van der Waals surface area (Å²) in [4.78, 5) is 26.2.